The number of aliphatic hydroxyl groups excluding tert-OH is 1. The third-order valence-electron chi connectivity index (χ3n) is 5.32. The highest BCUT2D eigenvalue weighted by atomic mass is 16.3. The van der Waals surface area contributed by atoms with Gasteiger partial charge in [-0.15, -0.1) is 0 Å². The van der Waals surface area contributed by atoms with Crippen LogP contribution in [0.15, 0.2) is 73.3 Å². The molecule has 0 aliphatic rings. The van der Waals surface area contributed by atoms with Gasteiger partial charge >= 0.3 is 0 Å². The summed E-state index contributed by atoms with van der Waals surface area (Å²) in [5.41, 5.74) is 8.40. The van der Waals surface area contributed by atoms with Crippen LogP contribution >= 0.6 is 0 Å². The molecule has 29 heavy (non-hydrogen) atoms. The van der Waals surface area contributed by atoms with Crippen LogP contribution in [0.3, 0.4) is 0 Å². The molecule has 0 spiro atoms. The van der Waals surface area contributed by atoms with Gasteiger partial charge in [-0.1, -0.05) is 59.7 Å². The first kappa shape index (κ1) is 19.1. The number of hydrogen-bond acceptors (Lipinski definition) is 3. The Morgan fingerprint density at radius 1 is 0.897 bits per heavy atom. The van der Waals surface area contributed by atoms with E-state index in [4.69, 9.17) is 0 Å². The minimum absolute atomic E-state index is 0.616. The Morgan fingerprint density at radius 2 is 1.55 bits per heavy atom. The first-order valence-electron chi connectivity index (χ1n) is 9.78. The molecule has 0 saturated carbocycles. The highest BCUT2D eigenvalue weighted by Crippen LogP contribution is 2.24. The predicted molar refractivity (Wildman–Crippen MR) is 116 cm³/mol. The third-order valence-corrected chi connectivity index (χ3v) is 5.32. The van der Waals surface area contributed by atoms with Crippen LogP contribution in [0.5, 0.6) is 0 Å². The second-order valence-electron chi connectivity index (χ2n) is 7.62. The number of rotatable bonds is 5. The fraction of sp³-hybridized carbons (Fsp3) is 0.200. The molecule has 0 aliphatic heterocycles. The average Bonchev–Trinajstić information content (AvgIpc) is 3.18. The number of aryl methyl sites for hydroxylation is 3. The van der Waals surface area contributed by atoms with E-state index in [1.165, 1.54) is 16.7 Å². The van der Waals surface area contributed by atoms with Crippen molar-refractivity contribution in [1.82, 2.24) is 14.5 Å². The van der Waals surface area contributed by atoms with Crippen LogP contribution in [0.1, 0.15) is 39.6 Å². The molecule has 0 aliphatic carbocycles. The van der Waals surface area contributed by atoms with E-state index in [-0.39, 0.29) is 0 Å². The van der Waals surface area contributed by atoms with Gasteiger partial charge in [0, 0.05) is 11.8 Å². The van der Waals surface area contributed by atoms with Crippen molar-refractivity contribution in [3.63, 3.8) is 0 Å². The van der Waals surface area contributed by atoms with Gasteiger partial charge in [-0.25, -0.2) is 4.98 Å². The zero-order valence-electron chi connectivity index (χ0n) is 17.0. The van der Waals surface area contributed by atoms with Gasteiger partial charge in [-0.3, -0.25) is 4.98 Å². The van der Waals surface area contributed by atoms with Crippen LogP contribution in [-0.4, -0.2) is 19.6 Å². The maximum absolute atomic E-state index is 10.8. The molecule has 1 N–H and O–H groups in total. The molecule has 0 saturated heterocycles. The first-order chi connectivity index (χ1) is 14.0. The minimum atomic E-state index is -0.710. The summed E-state index contributed by atoms with van der Waals surface area (Å²) >= 11 is 0. The molecule has 0 fully saturated rings. The molecule has 4 heteroatoms. The number of aromatic nitrogens is 3. The summed E-state index contributed by atoms with van der Waals surface area (Å²) in [7, 11) is 0. The summed E-state index contributed by atoms with van der Waals surface area (Å²) in [5, 5.41) is 10.8. The Labute approximate surface area is 171 Å². The van der Waals surface area contributed by atoms with Crippen LogP contribution in [-0.2, 0) is 6.54 Å². The number of pyridine rings is 1. The van der Waals surface area contributed by atoms with Crippen molar-refractivity contribution in [3.05, 3.63) is 107 Å². The fourth-order valence-electron chi connectivity index (χ4n) is 3.43. The van der Waals surface area contributed by atoms with Gasteiger partial charge in [-0.05, 0) is 43.5 Å². The van der Waals surface area contributed by atoms with Crippen LogP contribution in [0.25, 0.3) is 11.3 Å². The van der Waals surface area contributed by atoms with Crippen molar-refractivity contribution in [3.8, 4) is 11.3 Å². The smallest absolute Gasteiger partial charge is 0.121 e. The molecule has 4 rings (SSSR count). The summed E-state index contributed by atoms with van der Waals surface area (Å²) in [6, 6.07) is 18.5. The first-order valence-corrected chi connectivity index (χ1v) is 9.78. The van der Waals surface area contributed by atoms with Crippen LogP contribution < -0.4 is 0 Å². The van der Waals surface area contributed by atoms with Gasteiger partial charge in [-0.2, -0.15) is 0 Å². The topological polar surface area (TPSA) is 50.9 Å². The van der Waals surface area contributed by atoms with Crippen molar-refractivity contribution in [2.75, 3.05) is 0 Å². The lowest BCUT2D eigenvalue weighted by molar-refractivity contribution is 0.210. The Morgan fingerprint density at radius 3 is 2.21 bits per heavy atom. The van der Waals surface area contributed by atoms with E-state index in [0.29, 0.717) is 6.54 Å². The molecule has 4 aromatic rings. The fourth-order valence-corrected chi connectivity index (χ4v) is 3.43. The molecular weight excluding hydrogens is 358 g/mol. The lowest BCUT2D eigenvalue weighted by Gasteiger charge is -2.16. The monoisotopic (exact) mass is 383 g/mol. The molecule has 2 aromatic heterocycles. The predicted octanol–water partition coefficient (Wildman–Crippen LogP) is 5.00. The van der Waals surface area contributed by atoms with E-state index in [1.807, 2.05) is 42.0 Å². The Bertz CT molecular complexity index is 1110. The van der Waals surface area contributed by atoms with Gasteiger partial charge in [0.2, 0.25) is 0 Å². The molecular formula is C25H25N3O. The van der Waals surface area contributed by atoms with Crippen molar-refractivity contribution < 1.29 is 5.11 Å². The largest absolute Gasteiger partial charge is 0.382 e. The Hall–Kier alpha value is -3.24. The number of hydrogen-bond donors (Lipinski definition) is 1. The van der Waals surface area contributed by atoms with E-state index in [0.717, 1.165) is 28.1 Å². The Balaban J connectivity index is 1.58. The van der Waals surface area contributed by atoms with Gasteiger partial charge < -0.3 is 9.67 Å². The van der Waals surface area contributed by atoms with Crippen molar-refractivity contribution in [2.45, 2.75) is 33.4 Å². The molecule has 146 valence electrons. The van der Waals surface area contributed by atoms with Crippen molar-refractivity contribution in [1.29, 1.82) is 0 Å². The highest BCUT2D eigenvalue weighted by Gasteiger charge is 2.16. The molecule has 0 amide bonds. The normalized spacial score (nSPS) is 12.1. The zero-order chi connectivity index (χ0) is 20.4. The molecule has 2 heterocycles. The number of imidazole rings is 1. The molecule has 1 atom stereocenters. The second-order valence-corrected chi connectivity index (χ2v) is 7.62. The quantitative estimate of drug-likeness (QED) is 0.528. The number of benzene rings is 2. The maximum atomic E-state index is 10.8. The third kappa shape index (κ3) is 4.13. The van der Waals surface area contributed by atoms with Crippen LogP contribution in [0, 0.1) is 20.8 Å². The summed E-state index contributed by atoms with van der Waals surface area (Å²) in [4.78, 5) is 8.93. The molecule has 0 radical (unpaired) electrons. The average molecular weight is 383 g/mol. The van der Waals surface area contributed by atoms with Gasteiger partial charge in [0.25, 0.3) is 0 Å². The van der Waals surface area contributed by atoms with E-state index >= 15 is 0 Å². The number of aliphatic hydroxyl groups is 1. The zero-order valence-corrected chi connectivity index (χ0v) is 17.0. The van der Waals surface area contributed by atoms with Gasteiger partial charge in [0.1, 0.15) is 6.10 Å². The number of nitrogens with zero attached hydrogens (tertiary/aromatic N) is 3. The van der Waals surface area contributed by atoms with Gasteiger partial charge in [0.15, 0.2) is 0 Å². The van der Waals surface area contributed by atoms with Crippen molar-refractivity contribution in [2.24, 2.45) is 0 Å². The summed E-state index contributed by atoms with van der Waals surface area (Å²) in [6.07, 6.45) is 4.71. The maximum Gasteiger partial charge on any atom is 0.121 e. The van der Waals surface area contributed by atoms with Crippen molar-refractivity contribution >= 4 is 0 Å². The van der Waals surface area contributed by atoms with Crippen LogP contribution in [0.2, 0.25) is 0 Å². The van der Waals surface area contributed by atoms with E-state index < -0.39 is 6.10 Å². The standard InChI is InChI=1S/C25H25N3O/c1-17-4-8-20(9-5-17)23-12-19(3)22(13-27-23)15-28-16-26-14-24(28)25(29)21-10-6-18(2)7-11-21/h4-14,16,25,29H,15H2,1-3H3. The summed E-state index contributed by atoms with van der Waals surface area (Å²) < 4.78 is 1.99. The Kier molecular flexibility index (Phi) is 5.28. The lowest BCUT2D eigenvalue weighted by Crippen LogP contribution is -2.10. The van der Waals surface area contributed by atoms with Gasteiger partial charge in [0.05, 0.1) is 30.5 Å². The lowest BCUT2D eigenvalue weighted by atomic mass is 10.0. The molecule has 1 unspecified atom stereocenters. The van der Waals surface area contributed by atoms with E-state index in [1.54, 1.807) is 12.5 Å². The highest BCUT2D eigenvalue weighted by molar-refractivity contribution is 5.60. The van der Waals surface area contributed by atoms with E-state index in [9.17, 15) is 5.11 Å². The summed E-state index contributed by atoms with van der Waals surface area (Å²) in [6.45, 7) is 6.84. The SMILES string of the molecule is Cc1ccc(-c2cc(C)c(Cn3cncc3C(O)c3ccc(C)cc3)cn2)cc1. The van der Waals surface area contributed by atoms with Crippen LogP contribution in [0.4, 0.5) is 0 Å². The second kappa shape index (κ2) is 8.02. The molecule has 4 nitrogen and oxygen atoms in total. The molecule has 2 aromatic carbocycles. The minimum Gasteiger partial charge on any atom is -0.382 e. The summed E-state index contributed by atoms with van der Waals surface area (Å²) in [5.74, 6) is 0. The molecule has 0 bridgehead atoms. The van der Waals surface area contributed by atoms with E-state index in [2.05, 4.69) is 54.1 Å².